The van der Waals surface area contributed by atoms with Gasteiger partial charge in [0, 0.05) is 26.5 Å². The summed E-state index contributed by atoms with van der Waals surface area (Å²) in [7, 11) is 12.9. The van der Waals surface area contributed by atoms with Crippen molar-refractivity contribution in [1.29, 1.82) is 0 Å². The Kier molecular flexibility index (Phi) is 10.9. The molecule has 34 heavy (non-hydrogen) atoms. The molecule has 0 saturated heterocycles. The maximum absolute atomic E-state index is 11.9. The second-order valence-corrected chi connectivity index (χ2v) is 8.73. The third kappa shape index (κ3) is 8.10. The number of fused-ring (bicyclic) bond motifs is 1. The Balaban J connectivity index is 0.000000283. The van der Waals surface area contributed by atoms with Gasteiger partial charge in [0.15, 0.2) is 5.65 Å². The number of nitrogens with zero attached hydrogens (tertiary/aromatic N) is 7. The van der Waals surface area contributed by atoms with Gasteiger partial charge < -0.3 is 20.6 Å². The molecule has 4 aromatic rings. The molecule has 0 atom stereocenters. The summed E-state index contributed by atoms with van der Waals surface area (Å²) in [5, 5.41) is 2.25. The van der Waals surface area contributed by atoms with Crippen LogP contribution in [0, 0.1) is 0 Å². The van der Waals surface area contributed by atoms with E-state index in [9.17, 15) is 9.59 Å². The number of aryl methyl sites for hydroxylation is 2. The minimum atomic E-state index is -0.324. The number of ketones is 1. The monoisotopic (exact) mass is 565 g/mol. The summed E-state index contributed by atoms with van der Waals surface area (Å²) in [6, 6.07) is 6.76. The van der Waals surface area contributed by atoms with E-state index in [-0.39, 0.29) is 23.2 Å². The number of thioether (sulfide) groups is 1. The van der Waals surface area contributed by atoms with Crippen LogP contribution < -0.4 is 17.2 Å². The summed E-state index contributed by atoms with van der Waals surface area (Å²) in [5.74, 6) is 0.258. The molecule has 0 aliphatic carbocycles. The summed E-state index contributed by atoms with van der Waals surface area (Å²) in [5.41, 5.74) is 12.3. The molecule has 4 rings (SSSR count). The van der Waals surface area contributed by atoms with Crippen molar-refractivity contribution in [3.05, 3.63) is 70.6 Å². The number of aromatic nitrogens is 7. The van der Waals surface area contributed by atoms with E-state index in [1.54, 1.807) is 60.0 Å². The topological polar surface area (TPSA) is 160 Å². The van der Waals surface area contributed by atoms with Gasteiger partial charge in [-0.1, -0.05) is 17.8 Å². The van der Waals surface area contributed by atoms with Crippen LogP contribution in [0.5, 0.6) is 0 Å². The first kappa shape index (κ1) is 27.3. The zero-order chi connectivity index (χ0) is 25.1. The third-order valence-corrected chi connectivity index (χ3v) is 4.64. The van der Waals surface area contributed by atoms with E-state index >= 15 is 0 Å². The Bertz CT molecular complexity index is 1330. The van der Waals surface area contributed by atoms with Crippen LogP contribution in [-0.4, -0.2) is 39.8 Å². The fourth-order valence-corrected chi connectivity index (χ4v) is 3.03. The molecule has 0 spiro atoms. The summed E-state index contributed by atoms with van der Waals surface area (Å²) in [6.45, 7) is 0. The Hall–Kier alpha value is -2.99. The van der Waals surface area contributed by atoms with Crippen molar-refractivity contribution in [1.82, 2.24) is 34.1 Å². The maximum atomic E-state index is 11.9. The summed E-state index contributed by atoms with van der Waals surface area (Å²) >= 11 is 1.83. The number of hydrogen-bond acceptors (Lipinski definition) is 10. The first-order valence-electron chi connectivity index (χ1n) is 9.11. The van der Waals surface area contributed by atoms with Gasteiger partial charge >= 0.3 is 38.7 Å². The predicted molar refractivity (Wildman–Crippen MR) is 130 cm³/mol. The van der Waals surface area contributed by atoms with Crippen LogP contribution in [0.15, 0.2) is 64.3 Å². The van der Waals surface area contributed by atoms with Crippen molar-refractivity contribution < 1.29 is 17.4 Å². The number of imidazole rings is 1. The molecule has 0 aliphatic rings. The fourth-order valence-electron chi connectivity index (χ4n) is 2.31. The average Bonchev–Trinajstić information content (AvgIpc) is 3.18. The normalized spacial score (nSPS) is 10.5. The predicted octanol–water partition coefficient (Wildman–Crippen LogP) is 2.57. The first-order valence-corrected chi connectivity index (χ1v) is 12.7. The molecule has 0 aromatic carbocycles. The molecule has 4 aromatic heterocycles. The number of anilines is 2. The van der Waals surface area contributed by atoms with Crippen molar-refractivity contribution >= 4 is 60.9 Å². The van der Waals surface area contributed by atoms with Crippen molar-refractivity contribution in [3.8, 4) is 0 Å². The number of carbonyl (C=O) groups is 1. The van der Waals surface area contributed by atoms with Crippen molar-refractivity contribution in [2.24, 2.45) is 14.1 Å². The average molecular weight is 567 g/mol. The number of rotatable bonds is 4. The number of halogens is 2. The van der Waals surface area contributed by atoms with Gasteiger partial charge in [-0.25, -0.2) is 14.8 Å². The molecule has 4 heterocycles. The van der Waals surface area contributed by atoms with Crippen LogP contribution in [0.3, 0.4) is 0 Å². The molecular weight excluding hydrogens is 548 g/mol. The van der Waals surface area contributed by atoms with E-state index in [4.69, 9.17) is 31.9 Å². The number of nitrogens with two attached hydrogens (primary N) is 2. The van der Waals surface area contributed by atoms with E-state index < -0.39 is 0 Å². The standard InChI is InChI=1S/C14H12N6OS.C5H7N3O.2ClH.Ni/c1-20-8-17-11-12(20)18-14(15)19-13(11)22-7-5-10(21)9-4-2-3-6-16-9;1-8-3-2-4(6)7-5(8)9;;;/h2-8H,1H3,(H2,15,18,19);2-3H,1H3,(H2,6,7,9);2*1H;/q;;;;+2/p-2/b7-5+;;;;. The Morgan fingerprint density at radius 1 is 1.09 bits per heavy atom. The Labute approximate surface area is 213 Å². The second kappa shape index (κ2) is 13.7. The van der Waals surface area contributed by atoms with E-state index in [1.165, 1.54) is 22.4 Å². The fraction of sp³-hybridized carbons (Fsp3) is 0.105. The van der Waals surface area contributed by atoms with Gasteiger partial charge in [-0.15, -0.1) is 0 Å². The molecule has 4 N–H and O–H groups in total. The zero-order valence-electron chi connectivity index (χ0n) is 17.8. The molecular formula is C19H19Cl2N9NiO2S. The van der Waals surface area contributed by atoms with Crippen LogP contribution in [0.1, 0.15) is 10.5 Å². The second-order valence-electron chi connectivity index (χ2n) is 6.21. The number of pyridine rings is 1. The number of allylic oxidation sites excluding steroid dienone is 1. The molecule has 15 heteroatoms. The molecule has 0 aliphatic heterocycles. The first-order chi connectivity index (χ1) is 16.3. The van der Waals surface area contributed by atoms with Crippen LogP contribution in [0.25, 0.3) is 11.2 Å². The van der Waals surface area contributed by atoms with E-state index in [0.29, 0.717) is 34.5 Å². The van der Waals surface area contributed by atoms with Gasteiger partial charge in [-0.3, -0.25) is 9.78 Å². The molecule has 0 radical (unpaired) electrons. The third-order valence-electron chi connectivity index (χ3n) is 3.86. The van der Waals surface area contributed by atoms with Crippen molar-refractivity contribution in [2.45, 2.75) is 5.03 Å². The van der Waals surface area contributed by atoms with Crippen LogP contribution >= 0.6 is 32.2 Å². The molecule has 0 bridgehead atoms. The van der Waals surface area contributed by atoms with Gasteiger partial charge in [0.25, 0.3) is 0 Å². The van der Waals surface area contributed by atoms with Gasteiger partial charge in [0.2, 0.25) is 11.7 Å². The van der Waals surface area contributed by atoms with Gasteiger partial charge in [0.1, 0.15) is 22.1 Å². The van der Waals surface area contributed by atoms with E-state index in [0.717, 1.165) is 0 Å². The van der Waals surface area contributed by atoms with Crippen LogP contribution in [-0.2, 0) is 26.7 Å². The van der Waals surface area contributed by atoms with Crippen LogP contribution in [0.4, 0.5) is 11.8 Å². The number of nitrogen functional groups attached to an aromatic ring is 2. The minimum absolute atomic E-state index is 0.169. The van der Waals surface area contributed by atoms with E-state index in [1.807, 2.05) is 7.05 Å². The quantitative estimate of drug-likeness (QED) is 0.123. The summed E-state index contributed by atoms with van der Waals surface area (Å²) in [6.07, 6.45) is 6.24. The molecule has 11 nitrogen and oxygen atoms in total. The van der Waals surface area contributed by atoms with Gasteiger partial charge in [-0.2, -0.15) is 9.97 Å². The van der Waals surface area contributed by atoms with Gasteiger partial charge in [0.05, 0.1) is 6.33 Å². The molecule has 182 valence electrons. The zero-order valence-corrected chi connectivity index (χ0v) is 21.1. The molecule has 0 fully saturated rings. The van der Waals surface area contributed by atoms with Crippen molar-refractivity contribution in [2.75, 3.05) is 11.5 Å². The number of hydrogen-bond donors (Lipinski definition) is 2. The molecule has 0 unspecified atom stereocenters. The molecule has 0 saturated carbocycles. The van der Waals surface area contributed by atoms with E-state index in [2.05, 4.69) is 24.9 Å². The Morgan fingerprint density at radius 2 is 1.82 bits per heavy atom. The van der Waals surface area contributed by atoms with Gasteiger partial charge in [-0.05, 0) is 29.7 Å². The summed E-state index contributed by atoms with van der Waals surface area (Å²) < 4.78 is 3.12. The molecule has 0 amide bonds. The summed E-state index contributed by atoms with van der Waals surface area (Å²) in [4.78, 5) is 42.5. The number of carbonyl (C=O) groups excluding carboxylic acids is 1. The Morgan fingerprint density at radius 3 is 2.44 bits per heavy atom. The van der Waals surface area contributed by atoms with Crippen molar-refractivity contribution in [3.63, 3.8) is 0 Å². The van der Waals surface area contributed by atoms with Crippen LogP contribution in [0.2, 0.25) is 0 Å². The SMILES string of the molecule is Cn1ccc(N)nc1=O.Cn1cnc2c(S/C=C/C(=O)c3ccccn3)nc(N)nc21.[Cl][Ni][Cl].